The van der Waals surface area contributed by atoms with Crippen LogP contribution in [0.25, 0.3) is 0 Å². The van der Waals surface area contributed by atoms with Crippen molar-refractivity contribution in [3.63, 3.8) is 0 Å². The largest absolute Gasteiger partial charge is 0.388 e. The van der Waals surface area contributed by atoms with Gasteiger partial charge in [-0.05, 0) is 24.6 Å². The molecular weight excluding hydrogens is 300 g/mol. The molecule has 0 spiro atoms. The molecule has 0 unspecified atom stereocenters. The summed E-state index contributed by atoms with van der Waals surface area (Å²) in [5, 5.41) is 22.1. The highest BCUT2D eigenvalue weighted by atomic mass is 16.5. The molecule has 3 N–H and O–H groups in total. The average Bonchev–Trinajstić information content (AvgIpc) is 2.98. The number of hydrogen-bond acceptors (Lipinski definition) is 5. The second-order valence-corrected chi connectivity index (χ2v) is 5.87. The smallest absolute Gasteiger partial charge is 0.251 e. The summed E-state index contributed by atoms with van der Waals surface area (Å²) in [6.07, 6.45) is -0.725. The molecule has 2 aliphatic heterocycles. The number of amides is 2. The number of nitrogens with zero attached hydrogens (tertiary/aromatic N) is 1. The number of aliphatic hydroxyl groups is 2. The molecule has 2 amide bonds. The summed E-state index contributed by atoms with van der Waals surface area (Å²) < 4.78 is 5.14. The Morgan fingerprint density at radius 3 is 2.87 bits per heavy atom. The van der Waals surface area contributed by atoms with Crippen LogP contribution in [-0.4, -0.2) is 60.0 Å². The van der Waals surface area contributed by atoms with Gasteiger partial charge in [0.25, 0.3) is 5.91 Å². The highest BCUT2D eigenvalue weighted by Gasteiger charge is 2.32. The van der Waals surface area contributed by atoms with Gasteiger partial charge in [-0.3, -0.25) is 9.59 Å². The first-order chi connectivity index (χ1) is 11.1. The van der Waals surface area contributed by atoms with E-state index >= 15 is 0 Å². The van der Waals surface area contributed by atoms with Crippen LogP contribution >= 0.6 is 0 Å². The molecule has 2 saturated heterocycles. The molecule has 0 aliphatic carbocycles. The maximum atomic E-state index is 12.4. The molecule has 2 heterocycles. The van der Waals surface area contributed by atoms with Gasteiger partial charge in [0, 0.05) is 24.2 Å². The molecule has 0 bridgehead atoms. The summed E-state index contributed by atoms with van der Waals surface area (Å²) >= 11 is 0. The Balaban J connectivity index is 1.71. The van der Waals surface area contributed by atoms with Crippen LogP contribution in [0.4, 0.5) is 5.69 Å². The van der Waals surface area contributed by atoms with Gasteiger partial charge in [0.2, 0.25) is 5.91 Å². The van der Waals surface area contributed by atoms with Gasteiger partial charge in [-0.1, -0.05) is 6.07 Å². The van der Waals surface area contributed by atoms with E-state index in [-0.39, 0.29) is 25.0 Å². The van der Waals surface area contributed by atoms with E-state index in [1.165, 1.54) is 0 Å². The molecule has 0 radical (unpaired) electrons. The monoisotopic (exact) mass is 320 g/mol. The van der Waals surface area contributed by atoms with Gasteiger partial charge in [-0.2, -0.15) is 0 Å². The quantitative estimate of drug-likeness (QED) is 0.708. The third-order valence-corrected chi connectivity index (χ3v) is 4.20. The minimum Gasteiger partial charge on any atom is -0.388 e. The number of benzene rings is 1. The third kappa shape index (κ3) is 3.36. The Morgan fingerprint density at radius 1 is 1.30 bits per heavy atom. The fraction of sp³-hybridized carbons (Fsp3) is 0.500. The van der Waals surface area contributed by atoms with Gasteiger partial charge in [-0.25, -0.2) is 0 Å². The fourth-order valence-corrected chi connectivity index (χ4v) is 2.90. The Morgan fingerprint density at radius 2 is 2.13 bits per heavy atom. The van der Waals surface area contributed by atoms with E-state index in [0.29, 0.717) is 24.2 Å². The van der Waals surface area contributed by atoms with Crippen molar-refractivity contribution in [1.82, 2.24) is 5.32 Å². The molecule has 1 aromatic rings. The SMILES string of the molecule is O=C(N[C@@H]1COC[C@@H](O)[C@H]1O)c1cccc(N2CCCC2=O)c1. The summed E-state index contributed by atoms with van der Waals surface area (Å²) in [6, 6.07) is 6.15. The molecule has 0 aromatic heterocycles. The van der Waals surface area contributed by atoms with E-state index in [2.05, 4.69) is 5.32 Å². The van der Waals surface area contributed by atoms with E-state index in [0.717, 1.165) is 6.42 Å². The molecule has 2 aliphatic rings. The zero-order valence-electron chi connectivity index (χ0n) is 12.6. The number of ether oxygens (including phenoxy) is 1. The second-order valence-electron chi connectivity index (χ2n) is 5.87. The topological polar surface area (TPSA) is 99.1 Å². The van der Waals surface area contributed by atoms with Crippen LogP contribution in [0.15, 0.2) is 24.3 Å². The number of carbonyl (C=O) groups is 2. The number of nitrogens with one attached hydrogen (secondary N) is 1. The number of anilines is 1. The van der Waals surface area contributed by atoms with Crippen molar-refractivity contribution >= 4 is 17.5 Å². The van der Waals surface area contributed by atoms with Gasteiger partial charge in [0.15, 0.2) is 0 Å². The Kier molecular flexibility index (Phi) is 4.61. The zero-order chi connectivity index (χ0) is 16.4. The van der Waals surface area contributed by atoms with Gasteiger partial charge in [0.05, 0.1) is 19.3 Å². The zero-order valence-corrected chi connectivity index (χ0v) is 12.6. The van der Waals surface area contributed by atoms with Crippen LogP contribution in [0.3, 0.4) is 0 Å². The molecule has 7 nitrogen and oxygen atoms in total. The summed E-state index contributed by atoms with van der Waals surface area (Å²) in [7, 11) is 0. The first kappa shape index (κ1) is 15.9. The predicted molar refractivity (Wildman–Crippen MR) is 82.1 cm³/mol. The van der Waals surface area contributed by atoms with Crippen molar-refractivity contribution in [3.05, 3.63) is 29.8 Å². The number of aliphatic hydroxyl groups excluding tert-OH is 2. The molecule has 23 heavy (non-hydrogen) atoms. The molecule has 3 atom stereocenters. The maximum Gasteiger partial charge on any atom is 0.251 e. The molecule has 1 aromatic carbocycles. The first-order valence-corrected chi connectivity index (χ1v) is 7.71. The molecule has 7 heteroatoms. The molecule has 2 fully saturated rings. The van der Waals surface area contributed by atoms with E-state index in [1.54, 1.807) is 29.2 Å². The van der Waals surface area contributed by atoms with Crippen LogP contribution in [0.2, 0.25) is 0 Å². The number of hydrogen-bond donors (Lipinski definition) is 3. The van der Waals surface area contributed by atoms with Crippen molar-refractivity contribution in [1.29, 1.82) is 0 Å². The first-order valence-electron chi connectivity index (χ1n) is 7.71. The lowest BCUT2D eigenvalue weighted by Crippen LogP contribution is -2.55. The lowest BCUT2D eigenvalue weighted by Gasteiger charge is -2.32. The predicted octanol–water partition coefficient (Wildman–Crippen LogP) is -0.336. The highest BCUT2D eigenvalue weighted by molar-refractivity contribution is 5.99. The number of carbonyl (C=O) groups excluding carboxylic acids is 2. The van der Waals surface area contributed by atoms with E-state index in [1.807, 2.05) is 0 Å². The Labute approximate surface area is 133 Å². The van der Waals surface area contributed by atoms with Crippen molar-refractivity contribution in [2.45, 2.75) is 31.1 Å². The van der Waals surface area contributed by atoms with Gasteiger partial charge in [0.1, 0.15) is 12.2 Å². The minimum absolute atomic E-state index is 0.0556. The van der Waals surface area contributed by atoms with Gasteiger partial charge >= 0.3 is 0 Å². The molecule has 124 valence electrons. The molecular formula is C16H20N2O5. The molecule has 3 rings (SSSR count). The highest BCUT2D eigenvalue weighted by Crippen LogP contribution is 2.22. The van der Waals surface area contributed by atoms with E-state index in [4.69, 9.17) is 4.74 Å². The van der Waals surface area contributed by atoms with Crippen molar-refractivity contribution in [2.75, 3.05) is 24.7 Å². The summed E-state index contributed by atoms with van der Waals surface area (Å²) in [6.45, 7) is 0.861. The normalized spacial score (nSPS) is 28.0. The third-order valence-electron chi connectivity index (χ3n) is 4.20. The van der Waals surface area contributed by atoms with Crippen LogP contribution in [0, 0.1) is 0 Å². The Hall–Kier alpha value is -1.96. The van der Waals surface area contributed by atoms with Crippen LogP contribution in [-0.2, 0) is 9.53 Å². The van der Waals surface area contributed by atoms with Crippen molar-refractivity contribution < 1.29 is 24.5 Å². The maximum absolute atomic E-state index is 12.4. The van der Waals surface area contributed by atoms with E-state index < -0.39 is 18.2 Å². The van der Waals surface area contributed by atoms with Gasteiger partial charge < -0.3 is 25.2 Å². The van der Waals surface area contributed by atoms with Crippen LogP contribution in [0.1, 0.15) is 23.2 Å². The molecule has 0 saturated carbocycles. The minimum atomic E-state index is -1.06. The Bertz CT molecular complexity index is 606. The van der Waals surface area contributed by atoms with Crippen molar-refractivity contribution in [2.24, 2.45) is 0 Å². The lowest BCUT2D eigenvalue weighted by atomic mass is 10.0. The van der Waals surface area contributed by atoms with Crippen molar-refractivity contribution in [3.8, 4) is 0 Å². The average molecular weight is 320 g/mol. The summed E-state index contributed by atoms with van der Waals surface area (Å²) in [5.74, 6) is -0.318. The summed E-state index contributed by atoms with van der Waals surface area (Å²) in [5.41, 5.74) is 1.09. The summed E-state index contributed by atoms with van der Waals surface area (Å²) in [4.78, 5) is 25.8. The van der Waals surface area contributed by atoms with E-state index in [9.17, 15) is 19.8 Å². The standard InChI is InChI=1S/C16H20N2O5/c19-13-9-23-8-12(15(13)21)17-16(22)10-3-1-4-11(7-10)18-6-2-5-14(18)20/h1,3-4,7,12-13,15,19,21H,2,5-6,8-9H2,(H,17,22)/t12-,13-,15+/m1/s1. The second kappa shape index (κ2) is 6.66. The van der Waals surface area contributed by atoms with Crippen LogP contribution in [0.5, 0.6) is 0 Å². The van der Waals surface area contributed by atoms with Crippen LogP contribution < -0.4 is 10.2 Å². The van der Waals surface area contributed by atoms with Gasteiger partial charge in [-0.15, -0.1) is 0 Å². The number of rotatable bonds is 3. The fourth-order valence-electron chi connectivity index (χ4n) is 2.90. The lowest BCUT2D eigenvalue weighted by molar-refractivity contribution is -0.117.